The van der Waals surface area contributed by atoms with Gasteiger partial charge in [-0.3, -0.25) is 0 Å². The highest BCUT2D eigenvalue weighted by molar-refractivity contribution is 7.91. The first-order chi connectivity index (χ1) is 15.5. The molecule has 2 saturated heterocycles. The zero-order valence-corrected chi connectivity index (χ0v) is 19.2. The molecular weight excluding hydrogens is 422 g/mol. The van der Waals surface area contributed by atoms with Gasteiger partial charge in [0.05, 0.1) is 11.5 Å². The summed E-state index contributed by atoms with van der Waals surface area (Å²) in [5.41, 5.74) is 13.0. The quantitative estimate of drug-likeness (QED) is 0.730. The molecule has 0 saturated carbocycles. The first-order valence-corrected chi connectivity index (χ1v) is 13.4. The molecule has 0 radical (unpaired) electrons. The molecule has 0 bridgehead atoms. The fourth-order valence-electron chi connectivity index (χ4n) is 5.20. The van der Waals surface area contributed by atoms with Crippen LogP contribution in [0.15, 0.2) is 36.5 Å². The summed E-state index contributed by atoms with van der Waals surface area (Å²) >= 11 is 0. The van der Waals surface area contributed by atoms with Crippen molar-refractivity contribution < 1.29 is 13.2 Å². The third-order valence-corrected chi connectivity index (χ3v) is 8.55. The Balaban J connectivity index is 1.52. The Morgan fingerprint density at radius 3 is 2.62 bits per heavy atom. The van der Waals surface area contributed by atoms with Crippen molar-refractivity contribution in [1.82, 2.24) is 10.3 Å². The molecule has 2 fully saturated rings. The number of sulfone groups is 1. The van der Waals surface area contributed by atoms with Gasteiger partial charge in [0, 0.05) is 36.6 Å². The Morgan fingerprint density at radius 2 is 1.91 bits per heavy atom. The van der Waals surface area contributed by atoms with Crippen LogP contribution in [0.1, 0.15) is 60.8 Å². The molecule has 170 valence electrons. The number of allylic oxidation sites excluding steroid dienone is 1. The standard InChI is InChI=1S/C25H31N3O3S/c26-25-22(18-7-12-32(29,30)13-8-18)15-20(16-28-25)19-3-4-21(17-5-10-31-11-6-17)23(14-19)24-2-1-9-27-24/h3-4,7,14-17,24,27H,1-2,5-6,8-13H2,(H2,26,28)/t24-/m0/s1. The number of hydrogen-bond donors (Lipinski definition) is 2. The summed E-state index contributed by atoms with van der Waals surface area (Å²) in [7, 11) is -2.98. The van der Waals surface area contributed by atoms with Gasteiger partial charge >= 0.3 is 0 Å². The first kappa shape index (κ1) is 21.6. The van der Waals surface area contributed by atoms with Crippen molar-refractivity contribution >= 4 is 21.2 Å². The monoisotopic (exact) mass is 453 g/mol. The van der Waals surface area contributed by atoms with E-state index in [2.05, 4.69) is 34.6 Å². The van der Waals surface area contributed by atoms with Crippen LogP contribution in [0.4, 0.5) is 5.82 Å². The van der Waals surface area contributed by atoms with E-state index in [-0.39, 0.29) is 11.5 Å². The second-order valence-corrected chi connectivity index (χ2v) is 11.4. The summed E-state index contributed by atoms with van der Waals surface area (Å²) in [6.07, 6.45) is 8.61. The molecule has 0 unspecified atom stereocenters. The molecule has 0 aliphatic carbocycles. The number of nitrogens with one attached hydrogen (secondary N) is 1. The molecule has 3 aliphatic rings. The topological polar surface area (TPSA) is 94.3 Å². The molecule has 1 aromatic heterocycles. The van der Waals surface area contributed by atoms with Gasteiger partial charge in [0.25, 0.3) is 0 Å². The van der Waals surface area contributed by atoms with E-state index in [0.29, 0.717) is 24.2 Å². The van der Waals surface area contributed by atoms with Crippen molar-refractivity contribution in [3.63, 3.8) is 0 Å². The SMILES string of the molecule is Nc1ncc(-c2ccc(C3CCOCC3)c([C@@H]3CCCN3)c2)cc1C1=CCS(=O)(=O)CC1. The van der Waals surface area contributed by atoms with Gasteiger partial charge in [0.15, 0.2) is 9.84 Å². The molecule has 5 rings (SSSR count). The molecule has 6 nitrogen and oxygen atoms in total. The van der Waals surface area contributed by atoms with Crippen LogP contribution in [0.5, 0.6) is 0 Å². The summed E-state index contributed by atoms with van der Waals surface area (Å²) in [6.45, 7) is 2.73. The van der Waals surface area contributed by atoms with Crippen molar-refractivity contribution in [2.75, 3.05) is 37.0 Å². The van der Waals surface area contributed by atoms with E-state index in [9.17, 15) is 8.42 Å². The van der Waals surface area contributed by atoms with Crippen molar-refractivity contribution in [2.24, 2.45) is 0 Å². The number of pyridine rings is 1. The molecule has 0 amide bonds. The van der Waals surface area contributed by atoms with Crippen molar-refractivity contribution in [3.05, 3.63) is 53.2 Å². The van der Waals surface area contributed by atoms with Crippen LogP contribution in [0.25, 0.3) is 16.7 Å². The largest absolute Gasteiger partial charge is 0.383 e. The predicted octanol–water partition coefficient (Wildman–Crippen LogP) is 3.85. The van der Waals surface area contributed by atoms with Crippen LogP contribution in [-0.2, 0) is 14.6 Å². The zero-order chi connectivity index (χ0) is 22.1. The molecule has 3 N–H and O–H groups in total. The van der Waals surface area contributed by atoms with Crippen LogP contribution in [0, 0.1) is 0 Å². The lowest BCUT2D eigenvalue weighted by atomic mass is 9.84. The van der Waals surface area contributed by atoms with E-state index in [1.54, 1.807) is 6.08 Å². The maximum Gasteiger partial charge on any atom is 0.154 e. The summed E-state index contributed by atoms with van der Waals surface area (Å²) in [5, 5.41) is 3.68. The lowest BCUT2D eigenvalue weighted by Crippen LogP contribution is -2.19. The normalized spacial score (nSPS) is 23.8. The van der Waals surface area contributed by atoms with Crippen LogP contribution in [-0.4, -0.2) is 44.7 Å². The predicted molar refractivity (Wildman–Crippen MR) is 128 cm³/mol. The average Bonchev–Trinajstić information content (AvgIpc) is 3.35. The lowest BCUT2D eigenvalue weighted by Gasteiger charge is -2.27. The highest BCUT2D eigenvalue weighted by Gasteiger charge is 2.26. The van der Waals surface area contributed by atoms with Gasteiger partial charge in [-0.05, 0) is 79.0 Å². The lowest BCUT2D eigenvalue weighted by molar-refractivity contribution is 0.0851. The fraction of sp³-hybridized carbons (Fsp3) is 0.480. The zero-order valence-electron chi connectivity index (χ0n) is 18.3. The van der Waals surface area contributed by atoms with Gasteiger partial charge in [-0.25, -0.2) is 13.4 Å². The smallest absolute Gasteiger partial charge is 0.154 e. The second-order valence-electron chi connectivity index (χ2n) is 9.13. The summed E-state index contributed by atoms with van der Waals surface area (Å²) in [5.74, 6) is 1.24. The minimum absolute atomic E-state index is 0.0727. The van der Waals surface area contributed by atoms with E-state index >= 15 is 0 Å². The fourth-order valence-corrected chi connectivity index (χ4v) is 6.35. The molecule has 7 heteroatoms. The molecule has 32 heavy (non-hydrogen) atoms. The van der Waals surface area contributed by atoms with Crippen LogP contribution in [0.3, 0.4) is 0 Å². The molecular formula is C25H31N3O3S. The summed E-state index contributed by atoms with van der Waals surface area (Å²) < 4.78 is 29.2. The first-order valence-electron chi connectivity index (χ1n) is 11.6. The van der Waals surface area contributed by atoms with Gasteiger partial charge in [-0.15, -0.1) is 0 Å². The highest BCUT2D eigenvalue weighted by Crippen LogP contribution is 2.38. The third-order valence-electron chi connectivity index (χ3n) is 7.05. The second kappa shape index (κ2) is 8.96. The molecule has 1 atom stereocenters. The van der Waals surface area contributed by atoms with Crippen LogP contribution < -0.4 is 11.1 Å². The number of nitrogens with two attached hydrogens (primary N) is 1. The van der Waals surface area contributed by atoms with Gasteiger partial charge < -0.3 is 15.8 Å². The number of anilines is 1. The number of benzene rings is 1. The van der Waals surface area contributed by atoms with Crippen LogP contribution in [0.2, 0.25) is 0 Å². The Bertz CT molecular complexity index is 1130. The van der Waals surface area contributed by atoms with Crippen molar-refractivity contribution in [2.45, 2.75) is 44.1 Å². The van der Waals surface area contributed by atoms with Gasteiger partial charge in [0.2, 0.25) is 0 Å². The number of aromatic nitrogens is 1. The minimum atomic E-state index is -2.98. The highest BCUT2D eigenvalue weighted by atomic mass is 32.2. The van der Waals surface area contributed by atoms with Crippen molar-refractivity contribution in [3.8, 4) is 11.1 Å². The number of nitrogen functional groups attached to an aromatic ring is 1. The summed E-state index contributed by atoms with van der Waals surface area (Å²) in [6, 6.07) is 9.27. The minimum Gasteiger partial charge on any atom is -0.383 e. The van der Waals surface area contributed by atoms with Gasteiger partial charge in [0.1, 0.15) is 5.82 Å². The van der Waals surface area contributed by atoms with E-state index in [1.807, 2.05) is 6.20 Å². The third kappa shape index (κ3) is 4.47. The number of ether oxygens (including phenoxy) is 1. The summed E-state index contributed by atoms with van der Waals surface area (Å²) in [4.78, 5) is 4.46. The van der Waals surface area contributed by atoms with Gasteiger partial charge in [-0.1, -0.05) is 18.2 Å². The van der Waals surface area contributed by atoms with E-state index < -0.39 is 9.84 Å². The molecule has 2 aromatic rings. The van der Waals surface area contributed by atoms with Gasteiger partial charge in [-0.2, -0.15) is 0 Å². The Kier molecular flexibility index (Phi) is 6.05. The molecule has 3 aliphatic heterocycles. The van der Waals surface area contributed by atoms with E-state index in [0.717, 1.165) is 61.3 Å². The maximum atomic E-state index is 11.8. The number of hydrogen-bond acceptors (Lipinski definition) is 6. The molecule has 1 aromatic carbocycles. The van der Waals surface area contributed by atoms with Crippen molar-refractivity contribution in [1.29, 1.82) is 0 Å². The Hall–Kier alpha value is -2.22. The number of nitrogens with zero attached hydrogens (tertiary/aromatic N) is 1. The Morgan fingerprint density at radius 1 is 1.06 bits per heavy atom. The average molecular weight is 454 g/mol. The van der Waals surface area contributed by atoms with E-state index in [1.165, 1.54) is 17.5 Å². The number of rotatable bonds is 4. The maximum absolute atomic E-state index is 11.8. The van der Waals surface area contributed by atoms with E-state index in [4.69, 9.17) is 10.5 Å². The van der Waals surface area contributed by atoms with Crippen LogP contribution >= 0.6 is 0 Å². The Labute approximate surface area is 190 Å². The molecule has 0 spiro atoms. The molecule has 4 heterocycles.